The number of benzene rings is 2. The molecular weight excluding hydrogens is 234 g/mol. The molecule has 0 aliphatic heterocycles. The maximum absolute atomic E-state index is 5.53. The lowest BCUT2D eigenvalue weighted by Crippen LogP contribution is -2.07. The first kappa shape index (κ1) is 11.6. The molecule has 0 aliphatic rings. The number of anilines is 1. The van der Waals surface area contributed by atoms with Crippen LogP contribution in [-0.2, 0) is 0 Å². The highest BCUT2D eigenvalue weighted by Gasteiger charge is 2.04. The first-order valence-corrected chi connectivity index (χ1v) is 5.13. The van der Waals surface area contributed by atoms with Crippen LogP contribution in [0.25, 0.3) is 21.7 Å². The van der Waals surface area contributed by atoms with Gasteiger partial charge in [0.25, 0.3) is 0 Å². The summed E-state index contributed by atoms with van der Waals surface area (Å²) < 4.78 is 0. The molecule has 0 fully saturated rings. The molecule has 2 aromatic carbocycles. The number of hydrogen-bond donors (Lipinski definition) is 2. The summed E-state index contributed by atoms with van der Waals surface area (Å²) in [4.78, 5) is 4.42. The molecule has 3 nitrogen and oxygen atoms in total. The number of fused-ring (bicyclic) bond motifs is 3. The van der Waals surface area contributed by atoms with Gasteiger partial charge in [0, 0.05) is 17.0 Å². The van der Waals surface area contributed by atoms with Crippen molar-refractivity contribution in [3.63, 3.8) is 0 Å². The molecule has 0 saturated heterocycles. The van der Waals surface area contributed by atoms with Crippen LogP contribution in [0.5, 0.6) is 0 Å². The van der Waals surface area contributed by atoms with Gasteiger partial charge in [-0.15, -0.1) is 12.4 Å². The lowest BCUT2D eigenvalue weighted by molar-refractivity contribution is 1.36. The molecule has 0 bridgehead atoms. The van der Waals surface area contributed by atoms with Crippen molar-refractivity contribution in [2.24, 2.45) is 5.84 Å². The molecule has 3 aromatic rings. The van der Waals surface area contributed by atoms with E-state index in [0.717, 1.165) is 22.0 Å². The molecule has 0 unspecified atom stereocenters. The van der Waals surface area contributed by atoms with Crippen molar-refractivity contribution in [2.75, 3.05) is 5.43 Å². The Labute approximate surface area is 105 Å². The van der Waals surface area contributed by atoms with Crippen LogP contribution in [-0.4, -0.2) is 4.98 Å². The second kappa shape index (κ2) is 4.57. The largest absolute Gasteiger partial charge is 0.323 e. The standard InChI is InChI=1S/C13H11N3.ClH/c14-16-12-7-3-6-11-13(12)10-5-2-1-4-9(10)8-15-11;/h1-8,16H,14H2;1H. The topological polar surface area (TPSA) is 50.9 Å². The minimum absolute atomic E-state index is 0. The Kier molecular flexibility index (Phi) is 3.13. The zero-order chi connectivity index (χ0) is 11.0. The number of nitrogens with one attached hydrogen (secondary N) is 1. The third kappa shape index (κ3) is 1.79. The molecule has 0 radical (unpaired) electrons. The lowest BCUT2D eigenvalue weighted by atomic mass is 10.1. The van der Waals surface area contributed by atoms with Gasteiger partial charge < -0.3 is 5.43 Å². The molecule has 1 heterocycles. The van der Waals surface area contributed by atoms with Gasteiger partial charge in [0.2, 0.25) is 0 Å². The van der Waals surface area contributed by atoms with Crippen molar-refractivity contribution >= 4 is 39.8 Å². The molecule has 0 saturated carbocycles. The summed E-state index contributed by atoms with van der Waals surface area (Å²) >= 11 is 0. The van der Waals surface area contributed by atoms with E-state index in [-0.39, 0.29) is 12.4 Å². The SMILES string of the molecule is Cl.NNc1cccc2ncc3ccccc3c12. The summed E-state index contributed by atoms with van der Waals surface area (Å²) in [5.41, 5.74) is 4.58. The number of hydrogen-bond acceptors (Lipinski definition) is 3. The van der Waals surface area contributed by atoms with Gasteiger partial charge in [-0.3, -0.25) is 10.8 Å². The van der Waals surface area contributed by atoms with Gasteiger partial charge in [0.15, 0.2) is 0 Å². The summed E-state index contributed by atoms with van der Waals surface area (Å²) in [6, 6.07) is 14.1. The van der Waals surface area contributed by atoms with E-state index in [1.54, 1.807) is 0 Å². The van der Waals surface area contributed by atoms with E-state index in [9.17, 15) is 0 Å². The lowest BCUT2D eigenvalue weighted by Gasteiger charge is -2.07. The van der Waals surface area contributed by atoms with Gasteiger partial charge in [-0.2, -0.15) is 0 Å². The van der Waals surface area contributed by atoms with Crippen LogP contribution in [0.3, 0.4) is 0 Å². The van der Waals surface area contributed by atoms with Crippen LogP contribution in [0.15, 0.2) is 48.7 Å². The van der Waals surface area contributed by atoms with E-state index in [0.29, 0.717) is 0 Å². The first-order valence-electron chi connectivity index (χ1n) is 5.13. The average Bonchev–Trinajstić information content (AvgIpc) is 2.37. The number of rotatable bonds is 1. The number of halogens is 1. The quantitative estimate of drug-likeness (QED) is 0.394. The molecule has 0 amide bonds. The highest BCUT2D eigenvalue weighted by molar-refractivity contribution is 6.11. The number of aromatic nitrogens is 1. The van der Waals surface area contributed by atoms with Gasteiger partial charge >= 0.3 is 0 Å². The van der Waals surface area contributed by atoms with E-state index < -0.39 is 0 Å². The molecular formula is C13H12ClN3. The summed E-state index contributed by atoms with van der Waals surface area (Å²) in [7, 11) is 0. The Hall–Kier alpha value is -1.84. The van der Waals surface area contributed by atoms with Gasteiger partial charge in [-0.25, -0.2) is 0 Å². The highest BCUT2D eigenvalue weighted by atomic mass is 35.5. The molecule has 86 valence electrons. The third-order valence-corrected chi connectivity index (χ3v) is 2.77. The zero-order valence-electron chi connectivity index (χ0n) is 9.05. The zero-order valence-corrected chi connectivity index (χ0v) is 9.87. The number of nitrogens with two attached hydrogens (primary N) is 1. The number of nitrogens with zero attached hydrogens (tertiary/aromatic N) is 1. The highest BCUT2D eigenvalue weighted by Crippen LogP contribution is 2.28. The van der Waals surface area contributed by atoms with Crippen LogP contribution in [0, 0.1) is 0 Å². The first-order chi connectivity index (χ1) is 7.90. The molecule has 0 aliphatic carbocycles. The van der Waals surface area contributed by atoms with Crippen LogP contribution < -0.4 is 11.3 Å². The van der Waals surface area contributed by atoms with E-state index in [2.05, 4.69) is 22.5 Å². The molecule has 4 heteroatoms. The van der Waals surface area contributed by atoms with Crippen LogP contribution in [0.4, 0.5) is 5.69 Å². The molecule has 0 spiro atoms. The number of pyridine rings is 1. The fraction of sp³-hybridized carbons (Fsp3) is 0. The molecule has 1 aromatic heterocycles. The fourth-order valence-electron chi connectivity index (χ4n) is 2.03. The Balaban J connectivity index is 0.00000108. The van der Waals surface area contributed by atoms with Crippen LogP contribution in [0.1, 0.15) is 0 Å². The van der Waals surface area contributed by atoms with Gasteiger partial charge in [0.1, 0.15) is 0 Å². The van der Waals surface area contributed by atoms with Crippen molar-refractivity contribution in [1.29, 1.82) is 0 Å². The minimum Gasteiger partial charge on any atom is -0.323 e. The minimum atomic E-state index is 0. The normalized spacial score (nSPS) is 10.2. The molecule has 3 N–H and O–H groups in total. The van der Waals surface area contributed by atoms with Gasteiger partial charge in [0.05, 0.1) is 11.2 Å². The van der Waals surface area contributed by atoms with Crippen molar-refractivity contribution in [3.8, 4) is 0 Å². The summed E-state index contributed by atoms with van der Waals surface area (Å²) in [6.45, 7) is 0. The van der Waals surface area contributed by atoms with Crippen molar-refractivity contribution in [1.82, 2.24) is 4.98 Å². The maximum atomic E-state index is 5.53. The van der Waals surface area contributed by atoms with Gasteiger partial charge in [-0.1, -0.05) is 30.3 Å². The Bertz CT molecular complexity index is 667. The smallest absolute Gasteiger partial charge is 0.0729 e. The predicted molar refractivity (Wildman–Crippen MR) is 74.3 cm³/mol. The Morgan fingerprint density at radius 1 is 1.00 bits per heavy atom. The number of hydrazine groups is 1. The van der Waals surface area contributed by atoms with Crippen molar-refractivity contribution in [2.45, 2.75) is 0 Å². The Morgan fingerprint density at radius 2 is 1.82 bits per heavy atom. The summed E-state index contributed by atoms with van der Waals surface area (Å²) in [6.07, 6.45) is 1.89. The summed E-state index contributed by atoms with van der Waals surface area (Å²) in [5, 5.41) is 3.36. The van der Waals surface area contributed by atoms with E-state index in [1.807, 2.05) is 36.5 Å². The van der Waals surface area contributed by atoms with E-state index >= 15 is 0 Å². The second-order valence-corrected chi connectivity index (χ2v) is 3.69. The monoisotopic (exact) mass is 245 g/mol. The van der Waals surface area contributed by atoms with E-state index in [4.69, 9.17) is 5.84 Å². The van der Waals surface area contributed by atoms with Crippen molar-refractivity contribution < 1.29 is 0 Å². The van der Waals surface area contributed by atoms with Gasteiger partial charge in [-0.05, 0) is 17.5 Å². The molecule has 0 atom stereocenters. The fourth-order valence-corrected chi connectivity index (χ4v) is 2.03. The van der Waals surface area contributed by atoms with Crippen LogP contribution >= 0.6 is 12.4 Å². The average molecular weight is 246 g/mol. The Morgan fingerprint density at radius 3 is 2.65 bits per heavy atom. The molecule has 17 heavy (non-hydrogen) atoms. The van der Waals surface area contributed by atoms with E-state index in [1.165, 1.54) is 5.39 Å². The maximum Gasteiger partial charge on any atom is 0.0729 e. The predicted octanol–water partition coefficient (Wildman–Crippen LogP) is 3.10. The number of nitrogen functional groups attached to an aromatic ring is 1. The van der Waals surface area contributed by atoms with Crippen molar-refractivity contribution in [3.05, 3.63) is 48.7 Å². The second-order valence-electron chi connectivity index (χ2n) is 3.69. The third-order valence-electron chi connectivity index (χ3n) is 2.77. The molecule has 3 rings (SSSR count). The summed E-state index contributed by atoms with van der Waals surface area (Å²) in [5.74, 6) is 5.53. The van der Waals surface area contributed by atoms with Crippen LogP contribution in [0.2, 0.25) is 0 Å².